The molecular weight excluding hydrogens is 502 g/mol. The summed E-state index contributed by atoms with van der Waals surface area (Å²) in [5, 5.41) is 14.1. The third kappa shape index (κ3) is 5.34. The van der Waals surface area contributed by atoms with Gasteiger partial charge in [-0.1, -0.05) is 29.4 Å². The average Bonchev–Trinajstić information content (AvgIpc) is 3.68. The Kier molecular flexibility index (Phi) is 7.30. The molecule has 214 valence electrons. The summed E-state index contributed by atoms with van der Waals surface area (Å²) in [7, 11) is 0. The third-order valence-electron chi connectivity index (χ3n) is 9.76. The molecule has 1 spiro atoms. The van der Waals surface area contributed by atoms with Gasteiger partial charge in [-0.25, -0.2) is 0 Å². The highest BCUT2D eigenvalue weighted by Gasteiger charge is 2.52. The fraction of sp³-hybridized carbons (Fsp3) is 0.588. The molecule has 2 aromatic carbocycles. The zero-order valence-electron chi connectivity index (χ0n) is 24.2. The van der Waals surface area contributed by atoms with Gasteiger partial charge in [0.05, 0.1) is 29.9 Å². The molecule has 1 N–H and O–H groups in total. The van der Waals surface area contributed by atoms with Crippen LogP contribution in [0.2, 0.25) is 0 Å². The van der Waals surface area contributed by atoms with Gasteiger partial charge in [-0.3, -0.25) is 4.79 Å². The first-order valence-corrected chi connectivity index (χ1v) is 15.3. The molecule has 0 radical (unpaired) electrons. The van der Waals surface area contributed by atoms with Gasteiger partial charge in [0.15, 0.2) is 0 Å². The first-order valence-electron chi connectivity index (χ1n) is 15.3. The van der Waals surface area contributed by atoms with E-state index in [1.165, 1.54) is 24.0 Å². The Morgan fingerprint density at radius 1 is 0.975 bits per heavy atom. The number of hydrogen-bond acceptors (Lipinski definition) is 5. The van der Waals surface area contributed by atoms with Crippen LogP contribution in [0.3, 0.4) is 0 Å². The van der Waals surface area contributed by atoms with Crippen molar-refractivity contribution in [2.24, 2.45) is 22.4 Å². The van der Waals surface area contributed by atoms with Crippen molar-refractivity contribution in [1.29, 1.82) is 0 Å². The number of carboxylic acid groups (broad SMARTS) is 1. The van der Waals surface area contributed by atoms with Gasteiger partial charge in [0, 0.05) is 12.3 Å². The summed E-state index contributed by atoms with van der Waals surface area (Å²) in [5.74, 6) is 2.74. The van der Waals surface area contributed by atoms with Crippen LogP contribution in [-0.4, -0.2) is 35.6 Å². The zero-order valence-corrected chi connectivity index (χ0v) is 24.2. The van der Waals surface area contributed by atoms with Crippen LogP contribution in [0, 0.1) is 17.3 Å². The predicted molar refractivity (Wildman–Crippen MR) is 156 cm³/mol. The van der Waals surface area contributed by atoms with Crippen LogP contribution < -0.4 is 9.47 Å². The minimum absolute atomic E-state index is 0.164. The van der Waals surface area contributed by atoms with Crippen molar-refractivity contribution in [3.05, 3.63) is 47.5 Å². The first kappa shape index (κ1) is 27.2. The number of rotatable bonds is 10. The van der Waals surface area contributed by atoms with E-state index in [0.29, 0.717) is 37.9 Å². The van der Waals surface area contributed by atoms with E-state index in [4.69, 9.17) is 14.3 Å². The first-order chi connectivity index (χ1) is 19.3. The van der Waals surface area contributed by atoms with Crippen molar-refractivity contribution in [2.45, 2.75) is 96.5 Å². The Hall–Kier alpha value is -3.02. The monoisotopic (exact) mass is 545 g/mol. The molecule has 0 unspecified atom stereocenters. The van der Waals surface area contributed by atoms with Crippen molar-refractivity contribution < 1.29 is 24.2 Å². The Balaban J connectivity index is 1.11. The normalized spacial score (nSPS) is 29.4. The molecule has 4 aliphatic rings. The summed E-state index contributed by atoms with van der Waals surface area (Å²) in [6, 6.07) is 13.4. The lowest BCUT2D eigenvalue weighted by Crippen LogP contribution is -2.45. The quantitative estimate of drug-likeness (QED) is 0.330. The molecule has 6 nitrogen and oxygen atoms in total. The number of carboxylic acids is 1. The Morgan fingerprint density at radius 3 is 2.15 bits per heavy atom. The third-order valence-corrected chi connectivity index (χ3v) is 9.76. The molecule has 0 atom stereocenters. The second kappa shape index (κ2) is 10.8. The molecule has 2 aromatic rings. The van der Waals surface area contributed by atoms with E-state index >= 15 is 0 Å². The van der Waals surface area contributed by atoms with Gasteiger partial charge in [0.2, 0.25) is 0 Å². The highest BCUT2D eigenvalue weighted by molar-refractivity contribution is 5.89. The van der Waals surface area contributed by atoms with Gasteiger partial charge in [0.25, 0.3) is 0 Å². The second-order valence-electron chi connectivity index (χ2n) is 12.9. The number of aliphatic carboxylic acids is 1. The van der Waals surface area contributed by atoms with E-state index in [1.807, 2.05) is 20.8 Å². The lowest BCUT2D eigenvalue weighted by atomic mass is 9.64. The van der Waals surface area contributed by atoms with Crippen LogP contribution in [0.4, 0.5) is 0 Å². The van der Waals surface area contributed by atoms with Gasteiger partial charge in [0.1, 0.15) is 17.1 Å². The van der Waals surface area contributed by atoms with Crippen LogP contribution >= 0.6 is 0 Å². The minimum atomic E-state index is -0.673. The number of hydrogen-bond donors (Lipinski definition) is 1. The van der Waals surface area contributed by atoms with Crippen molar-refractivity contribution in [1.82, 2.24) is 0 Å². The van der Waals surface area contributed by atoms with E-state index in [9.17, 15) is 9.90 Å². The fourth-order valence-electron chi connectivity index (χ4n) is 7.18. The average molecular weight is 546 g/mol. The van der Waals surface area contributed by atoms with Crippen molar-refractivity contribution in [2.75, 3.05) is 13.2 Å². The van der Waals surface area contributed by atoms with E-state index in [2.05, 4.69) is 41.6 Å². The molecule has 0 aromatic heterocycles. The summed E-state index contributed by atoms with van der Waals surface area (Å²) in [6.07, 6.45) is 9.66. The van der Waals surface area contributed by atoms with Crippen LogP contribution in [0.5, 0.6) is 11.5 Å². The Morgan fingerprint density at radius 2 is 1.60 bits per heavy atom. The number of oxime groups is 1. The zero-order chi connectivity index (χ0) is 27.9. The molecule has 0 bridgehead atoms. The molecule has 6 heteroatoms. The SMILES string of the molecule is CCOc1cc(CC2CC3(CC(C4CCC(C)(C(=O)O)CC4)=NO3)C2)cc(OCC)c1-c1ccc(C2CC2)cc1. The molecule has 1 heterocycles. The smallest absolute Gasteiger partial charge is 0.309 e. The summed E-state index contributed by atoms with van der Waals surface area (Å²) in [5.41, 5.74) is 5.25. The molecule has 0 amide bonds. The van der Waals surface area contributed by atoms with Crippen LogP contribution in [0.1, 0.15) is 95.6 Å². The topological polar surface area (TPSA) is 77.4 Å². The number of carbonyl (C=O) groups is 1. The van der Waals surface area contributed by atoms with Crippen LogP contribution in [0.25, 0.3) is 11.1 Å². The van der Waals surface area contributed by atoms with Crippen LogP contribution in [0.15, 0.2) is 41.6 Å². The molecule has 6 rings (SSSR count). The standard InChI is InChI=1S/C34H43NO5/c1-4-38-29-17-22(18-30(39-5-2)31(29)27-10-8-25(9-11-27)24-6-7-24)16-23-19-34(20-23)21-28(35-40-34)26-12-14-33(3,15-13-26)32(36)37/h8-11,17-18,23-24,26H,4-7,12-16,19-21H2,1-3H3,(H,36,37). The Bertz CT molecular complexity index is 1240. The molecule has 3 aliphatic carbocycles. The van der Waals surface area contributed by atoms with E-state index < -0.39 is 11.4 Å². The summed E-state index contributed by atoms with van der Waals surface area (Å²) < 4.78 is 12.4. The second-order valence-corrected chi connectivity index (χ2v) is 12.9. The lowest BCUT2D eigenvalue weighted by Gasteiger charge is -2.43. The summed E-state index contributed by atoms with van der Waals surface area (Å²) in [4.78, 5) is 17.7. The number of nitrogens with zero attached hydrogens (tertiary/aromatic N) is 1. The summed E-state index contributed by atoms with van der Waals surface area (Å²) in [6.45, 7) is 7.16. The van der Waals surface area contributed by atoms with E-state index in [1.54, 1.807) is 0 Å². The molecule has 1 aliphatic heterocycles. The lowest BCUT2D eigenvalue weighted by molar-refractivity contribution is -0.150. The highest BCUT2D eigenvalue weighted by atomic mass is 16.7. The number of benzene rings is 2. The predicted octanol–water partition coefficient (Wildman–Crippen LogP) is 7.78. The van der Waals surface area contributed by atoms with Gasteiger partial charge in [-0.15, -0.1) is 0 Å². The van der Waals surface area contributed by atoms with Crippen molar-refractivity contribution in [3.63, 3.8) is 0 Å². The molecule has 0 saturated heterocycles. The van der Waals surface area contributed by atoms with Gasteiger partial charge < -0.3 is 19.4 Å². The van der Waals surface area contributed by atoms with Gasteiger partial charge in [-0.05, 0) is 119 Å². The number of ether oxygens (including phenoxy) is 2. The molecule has 3 saturated carbocycles. The van der Waals surface area contributed by atoms with Gasteiger partial charge >= 0.3 is 5.97 Å². The molecular formula is C34H43NO5. The summed E-state index contributed by atoms with van der Waals surface area (Å²) >= 11 is 0. The van der Waals surface area contributed by atoms with Crippen molar-refractivity contribution in [3.8, 4) is 22.6 Å². The van der Waals surface area contributed by atoms with Crippen LogP contribution in [-0.2, 0) is 16.1 Å². The van der Waals surface area contributed by atoms with E-state index in [0.717, 1.165) is 72.8 Å². The molecule has 3 fully saturated rings. The maximum atomic E-state index is 11.6. The Labute approximate surface area is 238 Å². The van der Waals surface area contributed by atoms with E-state index in [-0.39, 0.29) is 5.60 Å². The maximum Gasteiger partial charge on any atom is 0.309 e. The largest absolute Gasteiger partial charge is 0.493 e. The maximum absolute atomic E-state index is 11.6. The van der Waals surface area contributed by atoms with Gasteiger partial charge in [-0.2, -0.15) is 0 Å². The fourth-order valence-corrected chi connectivity index (χ4v) is 7.18. The minimum Gasteiger partial charge on any atom is -0.493 e. The highest BCUT2D eigenvalue weighted by Crippen LogP contribution is 2.51. The molecule has 40 heavy (non-hydrogen) atoms. The van der Waals surface area contributed by atoms with Crippen molar-refractivity contribution >= 4 is 11.7 Å².